The maximum absolute atomic E-state index is 2.42. The van der Waals surface area contributed by atoms with Gasteiger partial charge in [-0.1, -0.05) is 206 Å². The molecule has 0 aliphatic heterocycles. The first-order valence-corrected chi connectivity index (χ1v) is 20.1. The number of rotatable bonds is 7. The maximum Gasteiger partial charge on any atom is 0.0713 e. The molecule has 0 atom stereocenters. The fourth-order valence-electron chi connectivity index (χ4n) is 9.64. The van der Waals surface area contributed by atoms with Crippen LogP contribution in [-0.2, 0) is 5.41 Å². The molecule has 0 saturated carbocycles. The Bertz CT molecular complexity index is 3060. The smallest absolute Gasteiger partial charge is 0.0713 e. The molecule has 272 valence electrons. The zero-order valence-corrected chi connectivity index (χ0v) is 32.0. The van der Waals surface area contributed by atoms with E-state index in [0.29, 0.717) is 0 Å². The Labute approximate surface area is 339 Å². The van der Waals surface area contributed by atoms with Crippen LogP contribution in [0.25, 0.3) is 54.9 Å². The monoisotopic (exact) mass is 737 g/mol. The summed E-state index contributed by atoms with van der Waals surface area (Å²) in [5, 5.41) is 4.93. The Morgan fingerprint density at radius 3 is 1.60 bits per heavy atom. The van der Waals surface area contributed by atoms with Gasteiger partial charge in [0.25, 0.3) is 0 Å². The summed E-state index contributed by atoms with van der Waals surface area (Å²) in [6, 6.07) is 86.8. The second kappa shape index (κ2) is 13.9. The summed E-state index contributed by atoms with van der Waals surface area (Å²) in [4.78, 5) is 2.42. The molecule has 0 bridgehead atoms. The van der Waals surface area contributed by atoms with Crippen molar-refractivity contribution in [3.05, 3.63) is 259 Å². The van der Waals surface area contributed by atoms with Crippen LogP contribution < -0.4 is 4.90 Å². The van der Waals surface area contributed by atoms with E-state index in [1.54, 1.807) is 0 Å². The molecule has 11 rings (SSSR count). The van der Waals surface area contributed by atoms with Crippen LogP contribution in [0.3, 0.4) is 0 Å². The molecule has 10 aromatic carbocycles. The van der Waals surface area contributed by atoms with E-state index in [1.807, 2.05) is 0 Å². The first-order valence-electron chi connectivity index (χ1n) is 20.1. The minimum atomic E-state index is -0.455. The van der Waals surface area contributed by atoms with Crippen molar-refractivity contribution < 1.29 is 0 Å². The zero-order valence-electron chi connectivity index (χ0n) is 32.0. The molecule has 0 N–H and O–H groups in total. The number of nitrogens with zero attached hydrogens (tertiary/aromatic N) is 1. The van der Waals surface area contributed by atoms with Crippen molar-refractivity contribution in [1.29, 1.82) is 0 Å². The molecule has 1 heteroatoms. The van der Waals surface area contributed by atoms with Crippen molar-refractivity contribution in [2.24, 2.45) is 0 Å². The van der Waals surface area contributed by atoms with Crippen molar-refractivity contribution in [1.82, 2.24) is 0 Å². The fraction of sp³-hybridized carbons (Fsp3) is 0.0175. The van der Waals surface area contributed by atoms with Crippen molar-refractivity contribution in [2.45, 2.75) is 5.41 Å². The van der Waals surface area contributed by atoms with E-state index in [1.165, 1.54) is 77.2 Å². The van der Waals surface area contributed by atoms with Crippen LogP contribution in [0.15, 0.2) is 237 Å². The van der Waals surface area contributed by atoms with Gasteiger partial charge in [-0.2, -0.15) is 0 Å². The van der Waals surface area contributed by atoms with Gasteiger partial charge in [0.15, 0.2) is 0 Å². The normalized spacial score (nSPS) is 12.6. The summed E-state index contributed by atoms with van der Waals surface area (Å²) in [7, 11) is 0. The lowest BCUT2D eigenvalue weighted by atomic mass is 9.67. The minimum Gasteiger partial charge on any atom is -0.310 e. The fourth-order valence-corrected chi connectivity index (χ4v) is 9.64. The Hall–Kier alpha value is -7.48. The summed E-state index contributed by atoms with van der Waals surface area (Å²) in [5.74, 6) is 0. The van der Waals surface area contributed by atoms with E-state index in [2.05, 4.69) is 241 Å². The Morgan fingerprint density at radius 2 is 0.845 bits per heavy atom. The number of hydrogen-bond acceptors (Lipinski definition) is 1. The molecule has 1 nitrogen and oxygen atoms in total. The molecule has 1 aliphatic carbocycles. The van der Waals surface area contributed by atoms with Crippen LogP contribution >= 0.6 is 0 Å². The highest BCUT2D eigenvalue weighted by molar-refractivity contribution is 6.01. The third-order valence-electron chi connectivity index (χ3n) is 12.1. The largest absolute Gasteiger partial charge is 0.310 e. The van der Waals surface area contributed by atoms with Crippen LogP contribution in [0.4, 0.5) is 17.1 Å². The van der Waals surface area contributed by atoms with Crippen LogP contribution in [-0.4, -0.2) is 0 Å². The summed E-state index contributed by atoms with van der Waals surface area (Å²) in [6.07, 6.45) is 0. The van der Waals surface area contributed by atoms with E-state index in [-0.39, 0.29) is 0 Å². The van der Waals surface area contributed by atoms with Crippen LogP contribution in [0.1, 0.15) is 22.3 Å². The number of anilines is 3. The molecule has 0 spiro atoms. The lowest BCUT2D eigenvalue weighted by Gasteiger charge is -2.34. The average molecular weight is 738 g/mol. The molecule has 0 aromatic heterocycles. The van der Waals surface area contributed by atoms with Gasteiger partial charge in [0.2, 0.25) is 0 Å². The average Bonchev–Trinajstić information content (AvgIpc) is 3.61. The molecule has 0 amide bonds. The first-order chi connectivity index (χ1) is 28.8. The lowest BCUT2D eigenvalue weighted by molar-refractivity contribution is 0.768. The van der Waals surface area contributed by atoms with Crippen LogP contribution in [0.5, 0.6) is 0 Å². The summed E-state index contributed by atoms with van der Waals surface area (Å²) in [6.45, 7) is 0. The van der Waals surface area contributed by atoms with Gasteiger partial charge >= 0.3 is 0 Å². The molecule has 1 aliphatic rings. The van der Waals surface area contributed by atoms with Gasteiger partial charge in [-0.3, -0.25) is 0 Å². The van der Waals surface area contributed by atoms with Crippen molar-refractivity contribution in [3.8, 4) is 33.4 Å². The Balaban J connectivity index is 1.10. The lowest BCUT2D eigenvalue weighted by Crippen LogP contribution is -2.28. The molecule has 0 unspecified atom stereocenters. The van der Waals surface area contributed by atoms with Gasteiger partial charge in [-0.15, -0.1) is 0 Å². The molecule has 10 aromatic rings. The first kappa shape index (κ1) is 33.8. The standard InChI is InChI=1S/C57H39N/c1-3-22-44(23-4-1)57(45-24-5-2-6-25-45)53-32-12-11-29-52(53)56-51(31-16-33-54(56)57)43-21-13-26-47(39-43)58(55-34-15-20-41-18-8-10-28-50(41)55)46-37-35-42(36-38-46)49-30-14-19-40-17-7-9-27-48(40)49/h1-39H. The van der Waals surface area contributed by atoms with Crippen molar-refractivity contribution in [3.63, 3.8) is 0 Å². The maximum atomic E-state index is 2.42. The van der Waals surface area contributed by atoms with Gasteiger partial charge in [-0.05, 0) is 102 Å². The van der Waals surface area contributed by atoms with Crippen molar-refractivity contribution in [2.75, 3.05) is 4.90 Å². The Morgan fingerprint density at radius 1 is 0.310 bits per heavy atom. The van der Waals surface area contributed by atoms with E-state index >= 15 is 0 Å². The van der Waals surface area contributed by atoms with Gasteiger partial charge in [0.1, 0.15) is 0 Å². The SMILES string of the molecule is c1ccc(C2(c3ccccc3)c3ccccc3-c3c(-c4cccc(N(c5ccc(-c6cccc7ccccc67)cc5)c5cccc6ccccc56)c4)cccc32)cc1. The van der Waals surface area contributed by atoms with Gasteiger partial charge < -0.3 is 4.90 Å². The zero-order chi connectivity index (χ0) is 38.5. The molecule has 0 heterocycles. The summed E-state index contributed by atoms with van der Waals surface area (Å²) >= 11 is 0. The molecular formula is C57H39N. The molecular weight excluding hydrogens is 699 g/mol. The van der Waals surface area contributed by atoms with Crippen molar-refractivity contribution >= 4 is 38.6 Å². The van der Waals surface area contributed by atoms with Gasteiger partial charge in [0, 0.05) is 16.8 Å². The molecule has 0 fully saturated rings. The van der Waals surface area contributed by atoms with Gasteiger partial charge in [-0.25, -0.2) is 0 Å². The molecule has 58 heavy (non-hydrogen) atoms. The number of fused-ring (bicyclic) bond motifs is 5. The van der Waals surface area contributed by atoms with E-state index in [0.717, 1.165) is 17.1 Å². The topological polar surface area (TPSA) is 3.24 Å². The second-order valence-electron chi connectivity index (χ2n) is 15.2. The highest BCUT2D eigenvalue weighted by Crippen LogP contribution is 2.58. The van der Waals surface area contributed by atoms with E-state index in [9.17, 15) is 0 Å². The quantitative estimate of drug-likeness (QED) is 0.157. The number of benzene rings is 10. The van der Waals surface area contributed by atoms with E-state index in [4.69, 9.17) is 0 Å². The van der Waals surface area contributed by atoms with Crippen LogP contribution in [0, 0.1) is 0 Å². The highest BCUT2D eigenvalue weighted by atomic mass is 15.1. The predicted octanol–water partition coefficient (Wildman–Crippen LogP) is 15.2. The minimum absolute atomic E-state index is 0.455. The third kappa shape index (κ3) is 5.32. The van der Waals surface area contributed by atoms with E-state index < -0.39 is 5.41 Å². The second-order valence-corrected chi connectivity index (χ2v) is 15.2. The number of hydrogen-bond donors (Lipinski definition) is 0. The highest BCUT2D eigenvalue weighted by Gasteiger charge is 2.46. The summed E-state index contributed by atoms with van der Waals surface area (Å²) in [5.41, 5.74) is 15.5. The Kier molecular flexibility index (Phi) is 8.12. The predicted molar refractivity (Wildman–Crippen MR) is 244 cm³/mol. The summed E-state index contributed by atoms with van der Waals surface area (Å²) < 4.78 is 0. The molecule has 0 saturated heterocycles. The van der Waals surface area contributed by atoms with Gasteiger partial charge in [0.05, 0.1) is 11.1 Å². The third-order valence-corrected chi connectivity index (χ3v) is 12.1. The molecule has 0 radical (unpaired) electrons. The van der Waals surface area contributed by atoms with Crippen LogP contribution in [0.2, 0.25) is 0 Å².